The van der Waals surface area contributed by atoms with Crippen molar-refractivity contribution >= 4 is 29.1 Å². The molecule has 1 aromatic heterocycles. The van der Waals surface area contributed by atoms with Gasteiger partial charge in [0, 0.05) is 49.9 Å². The summed E-state index contributed by atoms with van der Waals surface area (Å²) in [5.41, 5.74) is 1.28. The largest absolute Gasteiger partial charge is 0.357 e. The molecule has 2 amide bonds. The van der Waals surface area contributed by atoms with Gasteiger partial charge in [-0.3, -0.25) is 14.6 Å². The van der Waals surface area contributed by atoms with Crippen LogP contribution in [-0.2, 0) is 22.6 Å². The van der Waals surface area contributed by atoms with Gasteiger partial charge in [0.1, 0.15) is 0 Å². The fourth-order valence-corrected chi connectivity index (χ4v) is 3.97. The van der Waals surface area contributed by atoms with E-state index in [1.165, 1.54) is 10.4 Å². The van der Waals surface area contributed by atoms with E-state index in [0.29, 0.717) is 32.0 Å². The molecule has 0 aromatic carbocycles. The van der Waals surface area contributed by atoms with Crippen LogP contribution in [0, 0.1) is 5.92 Å². The first-order chi connectivity index (χ1) is 13.2. The summed E-state index contributed by atoms with van der Waals surface area (Å²) in [6.45, 7) is 5.93. The summed E-state index contributed by atoms with van der Waals surface area (Å²) >= 11 is 1.78. The monoisotopic (exact) mass is 391 g/mol. The fourth-order valence-electron chi connectivity index (χ4n) is 3.08. The molecule has 3 N–H and O–H groups in total. The number of nitrogens with zero attached hydrogens (tertiary/aromatic N) is 2. The van der Waals surface area contributed by atoms with E-state index in [9.17, 15) is 9.59 Å². The Kier molecular flexibility index (Phi) is 7.09. The molecule has 0 saturated heterocycles. The van der Waals surface area contributed by atoms with Gasteiger partial charge in [-0.1, -0.05) is 0 Å². The van der Waals surface area contributed by atoms with Gasteiger partial charge in [0.25, 0.3) is 0 Å². The number of nitrogens with one attached hydrogen (secondary N) is 3. The van der Waals surface area contributed by atoms with Crippen molar-refractivity contribution in [2.24, 2.45) is 10.9 Å². The van der Waals surface area contributed by atoms with Crippen LogP contribution < -0.4 is 16.0 Å². The first-order valence-electron chi connectivity index (χ1n) is 9.80. The second-order valence-electron chi connectivity index (χ2n) is 6.94. The molecule has 2 aliphatic rings. The molecule has 1 aromatic rings. The van der Waals surface area contributed by atoms with Crippen LogP contribution in [0.3, 0.4) is 0 Å². The van der Waals surface area contributed by atoms with E-state index in [4.69, 9.17) is 0 Å². The quantitative estimate of drug-likeness (QED) is 0.352. The molecule has 1 aliphatic heterocycles. The summed E-state index contributed by atoms with van der Waals surface area (Å²) < 4.78 is 0. The van der Waals surface area contributed by atoms with Gasteiger partial charge in [-0.05, 0) is 43.2 Å². The average molecular weight is 392 g/mol. The van der Waals surface area contributed by atoms with E-state index in [-0.39, 0.29) is 17.7 Å². The third-order valence-corrected chi connectivity index (χ3v) is 5.79. The number of amides is 2. The summed E-state index contributed by atoms with van der Waals surface area (Å²) in [5, 5.41) is 11.4. The molecular weight excluding hydrogens is 362 g/mol. The number of carbonyl (C=O) groups is 2. The van der Waals surface area contributed by atoms with Crippen LogP contribution in [0.4, 0.5) is 0 Å². The van der Waals surface area contributed by atoms with Crippen LogP contribution in [0.2, 0.25) is 0 Å². The Hall–Kier alpha value is -2.09. The Morgan fingerprint density at radius 2 is 2.07 bits per heavy atom. The first-order valence-corrected chi connectivity index (χ1v) is 10.7. The molecule has 1 aliphatic carbocycles. The summed E-state index contributed by atoms with van der Waals surface area (Å²) in [7, 11) is 0. The van der Waals surface area contributed by atoms with Crippen molar-refractivity contribution in [3.63, 3.8) is 0 Å². The second-order valence-corrected chi connectivity index (χ2v) is 7.94. The van der Waals surface area contributed by atoms with Gasteiger partial charge < -0.3 is 20.9 Å². The van der Waals surface area contributed by atoms with Crippen molar-refractivity contribution < 1.29 is 9.59 Å². The number of thiophene rings is 1. The predicted molar refractivity (Wildman–Crippen MR) is 108 cm³/mol. The summed E-state index contributed by atoms with van der Waals surface area (Å²) in [6, 6.07) is 2.12. The molecule has 0 radical (unpaired) electrons. The standard InChI is InChI=1S/C19H29N5O2S/c1-2-20-19(23-10-9-21-18(26)14-3-4-14)22-8-5-17(25)24-11-6-16-15(13-24)7-12-27-16/h7,12,14H,2-6,8-11,13H2,1H3,(H,21,26)(H2,20,22,23). The van der Waals surface area contributed by atoms with E-state index < -0.39 is 0 Å². The molecule has 0 unspecified atom stereocenters. The third-order valence-electron chi connectivity index (χ3n) is 4.77. The highest BCUT2D eigenvalue weighted by Crippen LogP contribution is 2.28. The lowest BCUT2D eigenvalue weighted by Crippen LogP contribution is -2.42. The molecule has 8 heteroatoms. The molecule has 27 heavy (non-hydrogen) atoms. The van der Waals surface area contributed by atoms with Gasteiger partial charge in [-0.25, -0.2) is 0 Å². The smallest absolute Gasteiger partial charge is 0.224 e. The Morgan fingerprint density at radius 1 is 1.26 bits per heavy atom. The second kappa shape index (κ2) is 9.73. The molecule has 2 heterocycles. The highest BCUT2D eigenvalue weighted by atomic mass is 32.1. The van der Waals surface area contributed by atoms with Gasteiger partial charge >= 0.3 is 0 Å². The van der Waals surface area contributed by atoms with Crippen LogP contribution in [0.1, 0.15) is 36.6 Å². The molecular formula is C19H29N5O2S. The van der Waals surface area contributed by atoms with Gasteiger partial charge in [-0.15, -0.1) is 11.3 Å². The van der Waals surface area contributed by atoms with Crippen molar-refractivity contribution in [2.45, 2.75) is 39.2 Å². The molecule has 7 nitrogen and oxygen atoms in total. The van der Waals surface area contributed by atoms with Crippen molar-refractivity contribution in [1.29, 1.82) is 0 Å². The lowest BCUT2D eigenvalue weighted by Gasteiger charge is -2.26. The Balaban J connectivity index is 1.37. The van der Waals surface area contributed by atoms with Crippen molar-refractivity contribution in [1.82, 2.24) is 20.9 Å². The minimum Gasteiger partial charge on any atom is -0.357 e. The Morgan fingerprint density at radius 3 is 2.85 bits per heavy atom. The third kappa shape index (κ3) is 5.95. The van der Waals surface area contributed by atoms with Gasteiger partial charge in [0.2, 0.25) is 11.8 Å². The highest BCUT2D eigenvalue weighted by Gasteiger charge is 2.29. The van der Waals surface area contributed by atoms with Crippen LogP contribution in [-0.4, -0.2) is 55.4 Å². The fraction of sp³-hybridized carbons (Fsp3) is 0.632. The van der Waals surface area contributed by atoms with E-state index in [1.807, 2.05) is 11.8 Å². The summed E-state index contributed by atoms with van der Waals surface area (Å²) in [4.78, 5) is 31.9. The molecule has 0 spiro atoms. The average Bonchev–Trinajstić information content (AvgIpc) is 3.42. The maximum atomic E-state index is 12.4. The summed E-state index contributed by atoms with van der Waals surface area (Å²) in [5.74, 6) is 1.23. The van der Waals surface area contributed by atoms with Crippen LogP contribution in [0.25, 0.3) is 0 Å². The molecule has 1 fully saturated rings. The number of guanidine groups is 1. The van der Waals surface area contributed by atoms with Crippen LogP contribution in [0.15, 0.2) is 16.4 Å². The number of hydrogen-bond acceptors (Lipinski definition) is 4. The topological polar surface area (TPSA) is 85.8 Å². The van der Waals surface area contributed by atoms with E-state index in [0.717, 1.165) is 38.9 Å². The zero-order chi connectivity index (χ0) is 19.1. The summed E-state index contributed by atoms with van der Waals surface area (Å²) in [6.07, 6.45) is 3.40. The molecule has 1 saturated carbocycles. The molecule has 148 valence electrons. The van der Waals surface area contributed by atoms with Crippen LogP contribution >= 0.6 is 11.3 Å². The Labute approximate surface area is 164 Å². The van der Waals surface area contributed by atoms with Gasteiger partial charge in [-0.2, -0.15) is 0 Å². The zero-order valence-corrected chi connectivity index (χ0v) is 16.7. The number of carbonyl (C=O) groups excluding carboxylic acids is 2. The van der Waals surface area contributed by atoms with E-state index >= 15 is 0 Å². The van der Waals surface area contributed by atoms with Crippen LogP contribution in [0.5, 0.6) is 0 Å². The molecule has 0 bridgehead atoms. The van der Waals surface area contributed by atoms with Gasteiger partial charge in [0.15, 0.2) is 5.96 Å². The van der Waals surface area contributed by atoms with Crippen molar-refractivity contribution in [3.8, 4) is 0 Å². The molecule has 3 rings (SSSR count). The SMILES string of the molecule is CCNC(=NCCC(=O)N1CCc2sccc2C1)NCCNC(=O)C1CC1. The lowest BCUT2D eigenvalue weighted by atomic mass is 10.1. The maximum absolute atomic E-state index is 12.4. The predicted octanol–water partition coefficient (Wildman–Crippen LogP) is 1.10. The number of fused-ring (bicyclic) bond motifs is 1. The lowest BCUT2D eigenvalue weighted by molar-refractivity contribution is -0.131. The maximum Gasteiger partial charge on any atom is 0.224 e. The minimum absolute atomic E-state index is 0.152. The van der Waals surface area contributed by atoms with Gasteiger partial charge in [0.05, 0.1) is 6.54 Å². The number of aliphatic imine (C=N–C) groups is 1. The zero-order valence-electron chi connectivity index (χ0n) is 15.9. The van der Waals surface area contributed by atoms with Crippen molar-refractivity contribution in [2.75, 3.05) is 32.7 Å². The number of hydrogen-bond donors (Lipinski definition) is 3. The minimum atomic E-state index is 0.152. The van der Waals surface area contributed by atoms with Crippen molar-refractivity contribution in [3.05, 3.63) is 21.9 Å². The van der Waals surface area contributed by atoms with E-state index in [1.54, 1.807) is 11.3 Å². The molecule has 0 atom stereocenters. The first kappa shape index (κ1) is 19.7. The highest BCUT2D eigenvalue weighted by molar-refractivity contribution is 7.10. The van der Waals surface area contributed by atoms with E-state index in [2.05, 4.69) is 32.4 Å². The normalized spacial score (nSPS) is 16.6. The number of rotatable bonds is 8. The Bertz CT molecular complexity index is 683.